The standard InChI is InChI=1S/C22H18ClN5O2/c1-3-17(29)26-15-6-4-5-12(2)18(15)16-11-25-22-19(21(24)30)20(27-28(16)22)13-7-9-14(23)10-8-13/h3-11,25H,1H2,2H3,(H2,24,30)(H,26,29). The van der Waals surface area contributed by atoms with Gasteiger partial charge in [0.15, 0.2) is 0 Å². The van der Waals surface area contributed by atoms with Crippen LogP contribution in [0.25, 0.3) is 28.2 Å². The van der Waals surface area contributed by atoms with Crippen LogP contribution in [0.2, 0.25) is 5.02 Å². The molecule has 4 aromatic rings. The number of carbonyl (C=O) groups excluding carboxylic acids is 2. The highest BCUT2D eigenvalue weighted by molar-refractivity contribution is 6.30. The van der Waals surface area contributed by atoms with E-state index in [0.29, 0.717) is 33.3 Å². The number of halogens is 1. The minimum Gasteiger partial charge on any atom is -0.365 e. The summed E-state index contributed by atoms with van der Waals surface area (Å²) in [6, 6.07) is 12.6. The fraction of sp³-hybridized carbons (Fsp3) is 0.0455. The van der Waals surface area contributed by atoms with Crippen LogP contribution in [0.1, 0.15) is 15.9 Å². The number of nitrogens with two attached hydrogens (primary N) is 1. The number of hydrogen-bond donors (Lipinski definition) is 3. The van der Waals surface area contributed by atoms with Crippen molar-refractivity contribution in [1.82, 2.24) is 14.6 Å². The zero-order valence-electron chi connectivity index (χ0n) is 16.1. The van der Waals surface area contributed by atoms with Crippen LogP contribution in [0, 0.1) is 6.92 Å². The summed E-state index contributed by atoms with van der Waals surface area (Å²) in [5.74, 6) is -0.929. The van der Waals surface area contributed by atoms with Gasteiger partial charge >= 0.3 is 0 Å². The third kappa shape index (κ3) is 3.25. The smallest absolute Gasteiger partial charge is 0.254 e. The summed E-state index contributed by atoms with van der Waals surface area (Å²) in [7, 11) is 0. The van der Waals surface area contributed by atoms with Crippen LogP contribution in [-0.4, -0.2) is 26.4 Å². The first-order valence-corrected chi connectivity index (χ1v) is 9.47. The molecule has 30 heavy (non-hydrogen) atoms. The Bertz CT molecular complexity index is 1300. The minimum absolute atomic E-state index is 0.272. The van der Waals surface area contributed by atoms with Crippen molar-refractivity contribution in [2.45, 2.75) is 6.92 Å². The number of primary amides is 1. The van der Waals surface area contributed by atoms with E-state index < -0.39 is 5.91 Å². The Hall–Kier alpha value is -3.84. The Labute approximate surface area is 177 Å². The van der Waals surface area contributed by atoms with Gasteiger partial charge < -0.3 is 16.0 Å². The van der Waals surface area contributed by atoms with E-state index in [1.807, 2.05) is 19.1 Å². The van der Waals surface area contributed by atoms with Gasteiger partial charge in [-0.3, -0.25) is 9.59 Å². The third-order valence-electron chi connectivity index (χ3n) is 4.80. The maximum Gasteiger partial charge on any atom is 0.254 e. The molecule has 0 aliphatic rings. The molecule has 2 aromatic carbocycles. The molecular formula is C22H18ClN5O2. The van der Waals surface area contributed by atoms with E-state index in [4.69, 9.17) is 17.3 Å². The zero-order valence-corrected chi connectivity index (χ0v) is 16.8. The highest BCUT2D eigenvalue weighted by atomic mass is 35.5. The molecule has 4 N–H and O–H groups in total. The van der Waals surface area contributed by atoms with Gasteiger partial charge in [0.25, 0.3) is 5.91 Å². The molecule has 0 radical (unpaired) electrons. The van der Waals surface area contributed by atoms with Gasteiger partial charge in [-0.2, -0.15) is 5.10 Å². The lowest BCUT2D eigenvalue weighted by Gasteiger charge is -2.12. The number of rotatable bonds is 5. The van der Waals surface area contributed by atoms with E-state index in [2.05, 4.69) is 22.0 Å². The van der Waals surface area contributed by atoms with Gasteiger partial charge in [-0.15, -0.1) is 0 Å². The molecule has 0 atom stereocenters. The van der Waals surface area contributed by atoms with E-state index in [9.17, 15) is 9.59 Å². The van der Waals surface area contributed by atoms with Crippen LogP contribution >= 0.6 is 11.6 Å². The first-order chi connectivity index (χ1) is 14.4. The minimum atomic E-state index is -0.603. The van der Waals surface area contributed by atoms with Crippen LogP contribution < -0.4 is 11.1 Å². The second kappa shape index (κ2) is 7.53. The fourth-order valence-corrected chi connectivity index (χ4v) is 3.57. The van der Waals surface area contributed by atoms with Gasteiger partial charge in [-0.1, -0.05) is 42.4 Å². The molecule has 4 rings (SSSR count). The van der Waals surface area contributed by atoms with E-state index in [1.165, 1.54) is 6.08 Å². The quantitative estimate of drug-likeness (QED) is 0.422. The van der Waals surface area contributed by atoms with Gasteiger partial charge in [0, 0.05) is 22.3 Å². The van der Waals surface area contributed by atoms with Gasteiger partial charge in [0.05, 0.1) is 11.4 Å². The number of imidazole rings is 1. The molecule has 2 amide bonds. The third-order valence-corrected chi connectivity index (χ3v) is 5.05. The van der Waals surface area contributed by atoms with Gasteiger partial charge in [0.1, 0.15) is 16.9 Å². The van der Waals surface area contributed by atoms with Crippen LogP contribution in [0.15, 0.2) is 61.3 Å². The van der Waals surface area contributed by atoms with Gasteiger partial charge in [-0.25, -0.2) is 4.52 Å². The van der Waals surface area contributed by atoms with Crippen molar-refractivity contribution in [1.29, 1.82) is 0 Å². The summed E-state index contributed by atoms with van der Waals surface area (Å²) in [6.45, 7) is 5.43. The average molecular weight is 420 g/mol. The van der Waals surface area contributed by atoms with Crippen LogP contribution in [-0.2, 0) is 4.79 Å². The summed E-state index contributed by atoms with van der Waals surface area (Å²) in [4.78, 5) is 27.3. The first-order valence-electron chi connectivity index (χ1n) is 9.10. The van der Waals surface area contributed by atoms with Crippen molar-refractivity contribution in [3.8, 4) is 22.5 Å². The summed E-state index contributed by atoms with van der Waals surface area (Å²) < 4.78 is 1.62. The van der Waals surface area contributed by atoms with Crippen LogP contribution in [0.4, 0.5) is 5.69 Å². The predicted molar refractivity (Wildman–Crippen MR) is 118 cm³/mol. The van der Waals surface area contributed by atoms with Crippen molar-refractivity contribution in [2.24, 2.45) is 5.73 Å². The number of hydrogen-bond acceptors (Lipinski definition) is 3. The largest absolute Gasteiger partial charge is 0.365 e. The Morgan fingerprint density at radius 3 is 2.63 bits per heavy atom. The number of amides is 2. The molecule has 0 fully saturated rings. The van der Waals surface area contributed by atoms with E-state index in [0.717, 1.165) is 11.1 Å². The maximum absolute atomic E-state index is 12.3. The lowest BCUT2D eigenvalue weighted by atomic mass is 10.0. The average Bonchev–Trinajstić information content (AvgIpc) is 3.28. The maximum atomic E-state index is 12.3. The summed E-state index contributed by atoms with van der Waals surface area (Å²) in [5.41, 5.74) is 10.5. The van der Waals surface area contributed by atoms with Gasteiger partial charge in [-0.05, 0) is 36.8 Å². The molecule has 150 valence electrons. The van der Waals surface area contributed by atoms with Gasteiger partial charge in [0.2, 0.25) is 5.91 Å². The topological polar surface area (TPSA) is 105 Å². The molecule has 0 saturated heterocycles. The fourth-order valence-electron chi connectivity index (χ4n) is 3.44. The molecule has 2 aromatic heterocycles. The molecule has 8 heteroatoms. The molecule has 0 saturated carbocycles. The van der Waals surface area contributed by atoms with E-state index >= 15 is 0 Å². The summed E-state index contributed by atoms with van der Waals surface area (Å²) >= 11 is 5.99. The molecule has 0 unspecified atom stereocenters. The highest BCUT2D eigenvalue weighted by Crippen LogP contribution is 2.35. The monoisotopic (exact) mass is 419 g/mol. The second-order valence-corrected chi connectivity index (χ2v) is 7.16. The molecule has 0 spiro atoms. The van der Waals surface area contributed by atoms with Crippen LogP contribution in [0.3, 0.4) is 0 Å². The first kappa shape index (κ1) is 19.5. The van der Waals surface area contributed by atoms with E-state index in [-0.39, 0.29) is 11.5 Å². The number of aromatic nitrogens is 3. The number of nitrogens with one attached hydrogen (secondary N) is 2. The summed E-state index contributed by atoms with van der Waals surface area (Å²) in [5, 5.41) is 8.05. The molecule has 0 aliphatic heterocycles. The number of aromatic amines is 1. The number of H-pyrrole nitrogens is 1. The molecule has 2 heterocycles. The molecule has 7 nitrogen and oxygen atoms in total. The number of aryl methyl sites for hydroxylation is 1. The zero-order chi connectivity index (χ0) is 21.4. The Balaban J connectivity index is 1.96. The normalized spacial score (nSPS) is 10.9. The number of nitrogens with zero attached hydrogens (tertiary/aromatic N) is 2. The number of benzene rings is 2. The lowest BCUT2D eigenvalue weighted by Crippen LogP contribution is -2.11. The van der Waals surface area contributed by atoms with Crippen molar-refractivity contribution >= 4 is 34.7 Å². The summed E-state index contributed by atoms with van der Waals surface area (Å²) in [6.07, 6.45) is 2.93. The Kier molecular flexibility index (Phi) is 4.89. The SMILES string of the molecule is C=CC(=O)Nc1cccc(C)c1-c1c[nH]c2c(C(N)=O)c(-c3ccc(Cl)cc3)nn12. The molecule has 0 bridgehead atoms. The number of anilines is 1. The van der Waals surface area contributed by atoms with Crippen molar-refractivity contribution in [3.63, 3.8) is 0 Å². The van der Waals surface area contributed by atoms with E-state index in [1.54, 1.807) is 41.0 Å². The van der Waals surface area contributed by atoms with Crippen LogP contribution in [0.5, 0.6) is 0 Å². The highest BCUT2D eigenvalue weighted by Gasteiger charge is 2.24. The number of fused-ring (bicyclic) bond motifs is 1. The molecular weight excluding hydrogens is 402 g/mol. The Morgan fingerprint density at radius 1 is 1.23 bits per heavy atom. The number of carbonyl (C=O) groups is 2. The molecule has 0 aliphatic carbocycles. The predicted octanol–water partition coefficient (Wildman–Crippen LogP) is 4.18. The van der Waals surface area contributed by atoms with Crippen molar-refractivity contribution < 1.29 is 9.59 Å². The van der Waals surface area contributed by atoms with Crippen molar-refractivity contribution in [3.05, 3.63) is 77.5 Å². The lowest BCUT2D eigenvalue weighted by molar-refractivity contribution is -0.111. The second-order valence-electron chi connectivity index (χ2n) is 6.72. The van der Waals surface area contributed by atoms with Crippen molar-refractivity contribution in [2.75, 3.05) is 5.32 Å². The Morgan fingerprint density at radius 2 is 1.97 bits per heavy atom.